The molecular formula is C18H37NO3. The van der Waals surface area contributed by atoms with Crippen molar-refractivity contribution in [1.29, 1.82) is 0 Å². The van der Waals surface area contributed by atoms with E-state index in [1.807, 2.05) is 13.8 Å². The van der Waals surface area contributed by atoms with Crippen LogP contribution in [0.4, 0.5) is 0 Å². The number of nitrogens with two attached hydrogens (primary N) is 1. The molecule has 0 bridgehead atoms. The molecule has 1 heterocycles. The van der Waals surface area contributed by atoms with Crippen molar-refractivity contribution in [2.75, 3.05) is 6.61 Å². The van der Waals surface area contributed by atoms with Gasteiger partial charge in [0.05, 0.1) is 12.7 Å². The first-order valence-electron chi connectivity index (χ1n) is 8.87. The summed E-state index contributed by atoms with van der Waals surface area (Å²) in [4.78, 5) is 0. The lowest BCUT2D eigenvalue weighted by Crippen LogP contribution is -2.57. The van der Waals surface area contributed by atoms with Gasteiger partial charge in [0.1, 0.15) is 6.10 Å². The fourth-order valence-corrected chi connectivity index (χ4v) is 3.34. The molecule has 0 aromatic heterocycles. The summed E-state index contributed by atoms with van der Waals surface area (Å²) >= 11 is 0. The van der Waals surface area contributed by atoms with Crippen LogP contribution in [0.3, 0.4) is 0 Å². The third kappa shape index (κ3) is 4.67. The van der Waals surface area contributed by atoms with Gasteiger partial charge in [0.2, 0.25) is 0 Å². The SMILES string of the molecule is CCCCC(C)(N)C1OC(C)(C)OC1C(C)(CO)CCCC. The first-order valence-corrected chi connectivity index (χ1v) is 8.87. The Balaban J connectivity index is 3.01. The standard InChI is InChI=1S/C18H37NO3/c1-7-9-11-17(5,13-20)14-15(22-16(3,4)21-14)18(6,19)12-10-8-2/h14-15,20H,7-13,19H2,1-6H3. The summed E-state index contributed by atoms with van der Waals surface area (Å²) in [5, 5.41) is 10.0. The number of unbranched alkanes of at least 4 members (excludes halogenated alkanes) is 2. The average molecular weight is 315 g/mol. The lowest BCUT2D eigenvalue weighted by Gasteiger charge is -2.41. The summed E-state index contributed by atoms with van der Waals surface area (Å²) in [6.07, 6.45) is 5.82. The highest BCUT2D eigenvalue weighted by Crippen LogP contribution is 2.44. The maximum atomic E-state index is 10.0. The summed E-state index contributed by atoms with van der Waals surface area (Å²) in [6.45, 7) is 12.5. The van der Waals surface area contributed by atoms with E-state index >= 15 is 0 Å². The molecule has 4 heteroatoms. The zero-order chi connectivity index (χ0) is 17.0. The molecule has 0 spiro atoms. The lowest BCUT2D eigenvalue weighted by atomic mass is 9.73. The van der Waals surface area contributed by atoms with Crippen molar-refractivity contribution in [2.45, 2.75) is 104 Å². The number of hydrogen-bond acceptors (Lipinski definition) is 4. The van der Waals surface area contributed by atoms with Crippen molar-refractivity contribution < 1.29 is 14.6 Å². The molecule has 0 saturated carbocycles. The van der Waals surface area contributed by atoms with Crippen LogP contribution < -0.4 is 5.73 Å². The van der Waals surface area contributed by atoms with E-state index in [0.717, 1.165) is 38.5 Å². The van der Waals surface area contributed by atoms with Crippen LogP contribution in [0.15, 0.2) is 0 Å². The highest BCUT2D eigenvalue weighted by atomic mass is 16.8. The Kier molecular flexibility index (Phi) is 6.88. The number of aliphatic hydroxyl groups is 1. The molecule has 1 aliphatic rings. The molecular weight excluding hydrogens is 278 g/mol. The predicted octanol–water partition coefficient (Wildman–Crippen LogP) is 3.60. The second kappa shape index (κ2) is 7.61. The van der Waals surface area contributed by atoms with Crippen LogP contribution in [-0.2, 0) is 9.47 Å². The lowest BCUT2D eigenvalue weighted by molar-refractivity contribution is -0.162. The molecule has 0 aromatic carbocycles. The van der Waals surface area contributed by atoms with E-state index in [9.17, 15) is 5.11 Å². The number of ether oxygens (including phenoxy) is 2. The molecule has 1 saturated heterocycles. The zero-order valence-corrected chi connectivity index (χ0v) is 15.4. The Labute approximate surface area is 136 Å². The summed E-state index contributed by atoms with van der Waals surface area (Å²) in [5.41, 5.74) is 5.85. The molecule has 1 aliphatic heterocycles. The Morgan fingerprint density at radius 3 is 2.00 bits per heavy atom. The minimum absolute atomic E-state index is 0.0947. The highest BCUT2D eigenvalue weighted by molar-refractivity contribution is 5.03. The molecule has 0 amide bonds. The maximum Gasteiger partial charge on any atom is 0.163 e. The maximum absolute atomic E-state index is 10.0. The van der Waals surface area contributed by atoms with Crippen LogP contribution in [0.1, 0.15) is 80.1 Å². The summed E-state index contributed by atoms with van der Waals surface area (Å²) < 4.78 is 12.4. The van der Waals surface area contributed by atoms with Gasteiger partial charge in [0, 0.05) is 11.0 Å². The Bertz CT molecular complexity index is 343. The molecule has 4 nitrogen and oxygen atoms in total. The Morgan fingerprint density at radius 2 is 1.50 bits per heavy atom. The van der Waals surface area contributed by atoms with Crippen LogP contribution in [0.5, 0.6) is 0 Å². The van der Waals surface area contributed by atoms with Gasteiger partial charge in [-0.2, -0.15) is 0 Å². The molecule has 4 atom stereocenters. The summed E-state index contributed by atoms with van der Waals surface area (Å²) in [6, 6.07) is 0. The first kappa shape index (κ1) is 19.9. The van der Waals surface area contributed by atoms with Gasteiger partial charge in [-0.1, -0.05) is 46.5 Å². The first-order chi connectivity index (χ1) is 10.1. The van der Waals surface area contributed by atoms with Gasteiger partial charge in [-0.25, -0.2) is 0 Å². The second-order valence-corrected chi connectivity index (χ2v) is 8.00. The second-order valence-electron chi connectivity index (χ2n) is 8.00. The van der Waals surface area contributed by atoms with E-state index in [0.29, 0.717) is 0 Å². The van der Waals surface area contributed by atoms with Crippen LogP contribution >= 0.6 is 0 Å². The molecule has 3 N–H and O–H groups in total. The van der Waals surface area contributed by atoms with Crippen molar-refractivity contribution in [3.8, 4) is 0 Å². The quantitative estimate of drug-likeness (QED) is 0.682. The Hall–Kier alpha value is -0.160. The fraction of sp³-hybridized carbons (Fsp3) is 1.00. The Morgan fingerprint density at radius 1 is 1.00 bits per heavy atom. The summed E-state index contributed by atoms with van der Waals surface area (Å²) in [5.74, 6) is -0.648. The van der Waals surface area contributed by atoms with Gasteiger partial charge in [-0.05, 0) is 33.6 Å². The molecule has 0 radical (unpaired) electrons. The monoisotopic (exact) mass is 315 g/mol. The van der Waals surface area contributed by atoms with E-state index in [4.69, 9.17) is 15.2 Å². The molecule has 132 valence electrons. The van der Waals surface area contributed by atoms with Gasteiger partial charge < -0.3 is 20.3 Å². The van der Waals surface area contributed by atoms with Crippen LogP contribution in [0.2, 0.25) is 0 Å². The number of aliphatic hydroxyl groups excluding tert-OH is 1. The van der Waals surface area contributed by atoms with Crippen molar-refractivity contribution in [3.63, 3.8) is 0 Å². The molecule has 1 rings (SSSR count). The average Bonchev–Trinajstić information content (AvgIpc) is 2.80. The molecule has 0 aromatic rings. The van der Waals surface area contributed by atoms with Crippen LogP contribution in [0, 0.1) is 5.41 Å². The van der Waals surface area contributed by atoms with Crippen LogP contribution in [0.25, 0.3) is 0 Å². The fourth-order valence-electron chi connectivity index (χ4n) is 3.34. The summed E-state index contributed by atoms with van der Waals surface area (Å²) in [7, 11) is 0. The zero-order valence-electron chi connectivity index (χ0n) is 15.4. The molecule has 0 aliphatic carbocycles. The third-order valence-corrected chi connectivity index (χ3v) is 4.97. The largest absolute Gasteiger partial charge is 0.396 e. The molecule has 1 fully saturated rings. The van der Waals surface area contributed by atoms with E-state index < -0.39 is 11.3 Å². The smallest absolute Gasteiger partial charge is 0.163 e. The predicted molar refractivity (Wildman–Crippen MR) is 90.7 cm³/mol. The van der Waals surface area contributed by atoms with Crippen molar-refractivity contribution >= 4 is 0 Å². The van der Waals surface area contributed by atoms with Crippen LogP contribution in [-0.4, -0.2) is 35.2 Å². The molecule has 4 unspecified atom stereocenters. The minimum atomic E-state index is -0.648. The highest BCUT2D eigenvalue weighted by Gasteiger charge is 2.54. The van der Waals surface area contributed by atoms with E-state index in [2.05, 4.69) is 27.7 Å². The molecule has 22 heavy (non-hydrogen) atoms. The van der Waals surface area contributed by atoms with Gasteiger partial charge in [0.15, 0.2) is 5.79 Å². The van der Waals surface area contributed by atoms with E-state index in [1.165, 1.54) is 0 Å². The normalized spacial score (nSPS) is 30.0. The topological polar surface area (TPSA) is 64.7 Å². The van der Waals surface area contributed by atoms with Gasteiger partial charge >= 0.3 is 0 Å². The van der Waals surface area contributed by atoms with Crippen molar-refractivity contribution in [2.24, 2.45) is 11.1 Å². The van der Waals surface area contributed by atoms with Gasteiger partial charge in [-0.15, -0.1) is 0 Å². The van der Waals surface area contributed by atoms with Gasteiger partial charge in [0.25, 0.3) is 0 Å². The minimum Gasteiger partial charge on any atom is -0.396 e. The van der Waals surface area contributed by atoms with E-state index in [1.54, 1.807) is 0 Å². The van der Waals surface area contributed by atoms with E-state index in [-0.39, 0.29) is 24.2 Å². The van der Waals surface area contributed by atoms with Gasteiger partial charge in [-0.3, -0.25) is 0 Å². The number of rotatable bonds is 9. The number of hydrogen-bond donors (Lipinski definition) is 2. The third-order valence-electron chi connectivity index (χ3n) is 4.97. The van der Waals surface area contributed by atoms with Crippen molar-refractivity contribution in [1.82, 2.24) is 0 Å². The van der Waals surface area contributed by atoms with Crippen molar-refractivity contribution in [3.05, 3.63) is 0 Å².